The van der Waals surface area contributed by atoms with Gasteiger partial charge in [0.25, 0.3) is 0 Å². The van der Waals surface area contributed by atoms with Crippen LogP contribution in [0.4, 0.5) is 0 Å². The molecule has 0 amide bonds. The van der Waals surface area contributed by atoms with Crippen LogP contribution < -0.4 is 5.32 Å². The van der Waals surface area contributed by atoms with E-state index in [4.69, 9.17) is 0 Å². The van der Waals surface area contributed by atoms with E-state index in [0.29, 0.717) is 6.04 Å². The Balaban J connectivity index is 2.12. The van der Waals surface area contributed by atoms with Crippen molar-refractivity contribution in [1.82, 2.24) is 15.5 Å². The first kappa shape index (κ1) is 8.63. The van der Waals surface area contributed by atoms with Gasteiger partial charge in [0.2, 0.25) is 0 Å². The fourth-order valence-corrected chi connectivity index (χ4v) is 1.93. The molecule has 1 atom stereocenters. The summed E-state index contributed by atoms with van der Waals surface area (Å²) in [6.07, 6.45) is 7.68. The molecule has 1 aromatic rings. The van der Waals surface area contributed by atoms with Crippen molar-refractivity contribution in [1.29, 1.82) is 0 Å². The summed E-state index contributed by atoms with van der Waals surface area (Å²) >= 11 is 0. The van der Waals surface area contributed by atoms with Crippen LogP contribution >= 0.6 is 0 Å². The first-order chi connectivity index (χ1) is 6.42. The number of nitrogens with zero attached hydrogens (tertiary/aromatic N) is 2. The number of hydrogen-bond acceptors (Lipinski definition) is 3. The van der Waals surface area contributed by atoms with Crippen molar-refractivity contribution in [3.63, 3.8) is 0 Å². The maximum atomic E-state index is 3.90. The summed E-state index contributed by atoms with van der Waals surface area (Å²) in [5.41, 5.74) is 1.27. The van der Waals surface area contributed by atoms with Crippen molar-refractivity contribution in [2.45, 2.75) is 25.3 Å². The molecule has 1 unspecified atom stereocenters. The molecule has 0 bridgehead atoms. The van der Waals surface area contributed by atoms with Gasteiger partial charge in [0.15, 0.2) is 0 Å². The lowest BCUT2D eigenvalue weighted by atomic mass is 9.77. The molecule has 3 heteroatoms. The van der Waals surface area contributed by atoms with Crippen LogP contribution in [0.15, 0.2) is 18.5 Å². The van der Waals surface area contributed by atoms with Gasteiger partial charge in [-0.25, -0.2) is 0 Å². The zero-order valence-electron chi connectivity index (χ0n) is 7.90. The van der Waals surface area contributed by atoms with E-state index >= 15 is 0 Å². The van der Waals surface area contributed by atoms with Gasteiger partial charge in [-0.1, -0.05) is 6.42 Å². The Morgan fingerprint density at radius 3 is 2.77 bits per heavy atom. The van der Waals surface area contributed by atoms with Gasteiger partial charge in [0.05, 0.1) is 6.20 Å². The summed E-state index contributed by atoms with van der Waals surface area (Å²) in [5.74, 6) is 0.800. The molecule has 2 rings (SSSR count). The maximum absolute atomic E-state index is 3.90. The normalized spacial score (nSPS) is 19.5. The molecule has 1 aliphatic carbocycles. The van der Waals surface area contributed by atoms with Gasteiger partial charge in [-0.05, 0) is 37.4 Å². The predicted molar refractivity (Wildman–Crippen MR) is 51.2 cm³/mol. The van der Waals surface area contributed by atoms with E-state index in [9.17, 15) is 0 Å². The van der Waals surface area contributed by atoms with E-state index < -0.39 is 0 Å². The second kappa shape index (κ2) is 3.83. The minimum absolute atomic E-state index is 0.476. The molecule has 0 radical (unpaired) electrons. The molecule has 0 saturated heterocycles. The third-order valence-electron chi connectivity index (χ3n) is 2.90. The first-order valence-electron chi connectivity index (χ1n) is 4.85. The third-order valence-corrected chi connectivity index (χ3v) is 2.90. The van der Waals surface area contributed by atoms with Crippen LogP contribution in [0.3, 0.4) is 0 Å². The van der Waals surface area contributed by atoms with Crippen molar-refractivity contribution in [2.24, 2.45) is 5.92 Å². The summed E-state index contributed by atoms with van der Waals surface area (Å²) in [7, 11) is 2.02. The zero-order valence-corrected chi connectivity index (χ0v) is 7.90. The highest BCUT2D eigenvalue weighted by atomic mass is 15.1. The number of hydrogen-bond donors (Lipinski definition) is 1. The van der Waals surface area contributed by atoms with Crippen LogP contribution in [0.1, 0.15) is 30.9 Å². The summed E-state index contributed by atoms with van der Waals surface area (Å²) < 4.78 is 0. The zero-order chi connectivity index (χ0) is 9.10. The predicted octanol–water partition coefficient (Wildman–Crippen LogP) is 1.54. The SMILES string of the molecule is CNC(c1ccnnc1)C1CCC1. The largest absolute Gasteiger partial charge is 0.313 e. The summed E-state index contributed by atoms with van der Waals surface area (Å²) in [6.45, 7) is 0. The Kier molecular flexibility index (Phi) is 2.54. The van der Waals surface area contributed by atoms with E-state index in [2.05, 4.69) is 15.5 Å². The monoisotopic (exact) mass is 177 g/mol. The standard InChI is InChI=1S/C10H15N3/c1-11-10(8-3-2-4-8)9-5-6-12-13-7-9/h5-8,10-11H,2-4H2,1H3. The number of nitrogens with one attached hydrogen (secondary N) is 1. The molecule has 0 aliphatic heterocycles. The highest BCUT2D eigenvalue weighted by Crippen LogP contribution is 2.36. The summed E-state index contributed by atoms with van der Waals surface area (Å²) in [4.78, 5) is 0. The Morgan fingerprint density at radius 1 is 1.46 bits per heavy atom. The highest BCUT2D eigenvalue weighted by molar-refractivity contribution is 5.13. The van der Waals surface area contributed by atoms with Crippen LogP contribution in [0.25, 0.3) is 0 Å². The third kappa shape index (κ3) is 1.70. The average molecular weight is 177 g/mol. The van der Waals surface area contributed by atoms with Crippen LogP contribution in [0.5, 0.6) is 0 Å². The molecule has 1 fully saturated rings. The minimum atomic E-state index is 0.476. The second-order valence-corrected chi connectivity index (χ2v) is 3.63. The van der Waals surface area contributed by atoms with E-state index in [1.54, 1.807) is 6.20 Å². The second-order valence-electron chi connectivity index (χ2n) is 3.63. The lowest BCUT2D eigenvalue weighted by Gasteiger charge is -2.33. The molecule has 1 saturated carbocycles. The van der Waals surface area contributed by atoms with Crippen LogP contribution in [0.2, 0.25) is 0 Å². The topological polar surface area (TPSA) is 37.8 Å². The van der Waals surface area contributed by atoms with Crippen molar-refractivity contribution in [2.75, 3.05) is 7.05 Å². The van der Waals surface area contributed by atoms with Crippen LogP contribution in [-0.2, 0) is 0 Å². The molecule has 3 nitrogen and oxygen atoms in total. The molecule has 1 aromatic heterocycles. The van der Waals surface area contributed by atoms with Crippen molar-refractivity contribution in [3.05, 3.63) is 24.0 Å². The molecule has 70 valence electrons. The summed E-state index contributed by atoms with van der Waals surface area (Å²) in [5, 5.41) is 11.0. The van der Waals surface area contributed by atoms with Gasteiger partial charge in [-0.2, -0.15) is 10.2 Å². The molecular weight excluding hydrogens is 162 g/mol. The van der Waals surface area contributed by atoms with E-state index in [-0.39, 0.29) is 0 Å². The Bertz CT molecular complexity index is 256. The van der Waals surface area contributed by atoms with Gasteiger partial charge in [-0.15, -0.1) is 0 Å². The molecule has 0 spiro atoms. The van der Waals surface area contributed by atoms with Crippen molar-refractivity contribution < 1.29 is 0 Å². The molecule has 1 heterocycles. The van der Waals surface area contributed by atoms with E-state index in [1.165, 1.54) is 24.8 Å². The van der Waals surface area contributed by atoms with Gasteiger partial charge < -0.3 is 5.32 Å². The fourth-order valence-electron chi connectivity index (χ4n) is 1.93. The minimum Gasteiger partial charge on any atom is -0.313 e. The quantitative estimate of drug-likeness (QED) is 0.761. The summed E-state index contributed by atoms with van der Waals surface area (Å²) in [6, 6.07) is 2.52. The lowest BCUT2D eigenvalue weighted by molar-refractivity contribution is 0.239. The van der Waals surface area contributed by atoms with Gasteiger partial charge in [0, 0.05) is 12.2 Å². The molecular formula is C10H15N3. The van der Waals surface area contributed by atoms with Crippen LogP contribution in [-0.4, -0.2) is 17.2 Å². The van der Waals surface area contributed by atoms with Crippen molar-refractivity contribution in [3.8, 4) is 0 Å². The van der Waals surface area contributed by atoms with E-state index in [0.717, 1.165) is 5.92 Å². The molecule has 1 N–H and O–H groups in total. The number of rotatable bonds is 3. The van der Waals surface area contributed by atoms with Crippen molar-refractivity contribution >= 4 is 0 Å². The van der Waals surface area contributed by atoms with Gasteiger partial charge in [-0.3, -0.25) is 0 Å². The molecule has 13 heavy (non-hydrogen) atoms. The van der Waals surface area contributed by atoms with Gasteiger partial charge in [0.1, 0.15) is 0 Å². The highest BCUT2D eigenvalue weighted by Gasteiger charge is 2.27. The van der Waals surface area contributed by atoms with Gasteiger partial charge >= 0.3 is 0 Å². The Labute approximate surface area is 78.6 Å². The van der Waals surface area contributed by atoms with Crippen LogP contribution in [0, 0.1) is 5.92 Å². The molecule has 1 aliphatic rings. The maximum Gasteiger partial charge on any atom is 0.0544 e. The van der Waals surface area contributed by atoms with E-state index in [1.807, 2.05) is 19.3 Å². The first-order valence-corrected chi connectivity index (χ1v) is 4.85. The smallest absolute Gasteiger partial charge is 0.0544 e. The number of aromatic nitrogens is 2. The Morgan fingerprint density at radius 2 is 2.31 bits per heavy atom. The molecule has 0 aromatic carbocycles. The average Bonchev–Trinajstić information content (AvgIpc) is 2.12. The fraction of sp³-hybridized carbons (Fsp3) is 0.600. The Hall–Kier alpha value is -0.960. The lowest BCUT2D eigenvalue weighted by Crippen LogP contribution is -2.29.